The van der Waals surface area contributed by atoms with E-state index in [-0.39, 0.29) is 22.2 Å². The molecule has 1 heterocycles. The maximum absolute atomic E-state index is 12.8. The molecule has 7 heteroatoms. The van der Waals surface area contributed by atoms with Crippen molar-refractivity contribution in [1.82, 2.24) is 4.98 Å². The molecule has 0 bridgehead atoms. The van der Waals surface area contributed by atoms with Gasteiger partial charge in [0.25, 0.3) is 0 Å². The van der Waals surface area contributed by atoms with Crippen LogP contribution in [0.25, 0.3) is 10.9 Å². The number of H-pyrrole nitrogens is 1. The normalized spacial score (nSPS) is 11.8. The van der Waals surface area contributed by atoms with Gasteiger partial charge in [-0.05, 0) is 12.1 Å². The summed E-state index contributed by atoms with van der Waals surface area (Å²) in [6.45, 7) is 0. The molecular formula is C11H8F3NO3. The van der Waals surface area contributed by atoms with Gasteiger partial charge in [0.15, 0.2) is 0 Å². The number of ether oxygens (including phenoxy) is 1. The van der Waals surface area contributed by atoms with E-state index in [9.17, 15) is 18.0 Å². The summed E-state index contributed by atoms with van der Waals surface area (Å²) in [7, 11) is 1.13. The minimum Gasteiger partial charge on any atom is -0.496 e. The number of aromatic nitrogens is 1. The first-order chi connectivity index (χ1) is 8.36. The molecule has 2 aromatic rings. The Bertz CT molecular complexity index is 616. The highest BCUT2D eigenvalue weighted by Crippen LogP contribution is 2.39. The number of methoxy groups -OCH3 is 1. The van der Waals surface area contributed by atoms with Crippen LogP contribution in [0, 0.1) is 0 Å². The van der Waals surface area contributed by atoms with Crippen LogP contribution in [0.1, 0.15) is 15.9 Å². The molecule has 0 unspecified atom stereocenters. The molecule has 0 aliphatic heterocycles. The van der Waals surface area contributed by atoms with Gasteiger partial charge in [0, 0.05) is 11.6 Å². The molecule has 0 saturated heterocycles. The second kappa shape index (κ2) is 3.94. The number of aromatic amines is 1. The third-order valence-corrected chi connectivity index (χ3v) is 2.55. The van der Waals surface area contributed by atoms with Crippen molar-refractivity contribution in [2.24, 2.45) is 0 Å². The van der Waals surface area contributed by atoms with E-state index in [1.807, 2.05) is 0 Å². The zero-order valence-electron chi connectivity index (χ0n) is 9.13. The van der Waals surface area contributed by atoms with Crippen LogP contribution >= 0.6 is 0 Å². The molecule has 0 aliphatic carbocycles. The lowest BCUT2D eigenvalue weighted by Crippen LogP contribution is -2.09. The molecular weight excluding hydrogens is 251 g/mol. The number of carboxylic acid groups (broad SMARTS) is 1. The Morgan fingerprint density at radius 3 is 2.61 bits per heavy atom. The average molecular weight is 259 g/mol. The van der Waals surface area contributed by atoms with Crippen molar-refractivity contribution in [1.29, 1.82) is 0 Å². The molecule has 0 aliphatic rings. The fraction of sp³-hybridized carbons (Fsp3) is 0.182. The number of hydrogen-bond acceptors (Lipinski definition) is 2. The summed E-state index contributed by atoms with van der Waals surface area (Å²) in [6.07, 6.45) is -3.33. The standard InChI is InChI=1S/C11H8F3NO3/c1-18-7-4-6(11(12,13)14)9-5(2-3-15-9)8(7)10(16)17/h2-4,15H,1H3,(H,16,17). The van der Waals surface area contributed by atoms with Gasteiger partial charge in [-0.25, -0.2) is 4.79 Å². The second-order valence-corrected chi connectivity index (χ2v) is 3.57. The Morgan fingerprint density at radius 2 is 2.11 bits per heavy atom. The van der Waals surface area contributed by atoms with Crippen LogP contribution in [0.5, 0.6) is 5.75 Å². The van der Waals surface area contributed by atoms with E-state index in [0.717, 1.165) is 7.11 Å². The summed E-state index contributed by atoms with van der Waals surface area (Å²) >= 11 is 0. The van der Waals surface area contributed by atoms with Crippen LogP contribution in [0.3, 0.4) is 0 Å². The SMILES string of the molecule is COc1cc(C(F)(F)F)c2[nH]ccc2c1C(=O)O. The van der Waals surface area contributed by atoms with Crippen molar-refractivity contribution >= 4 is 16.9 Å². The highest BCUT2D eigenvalue weighted by Gasteiger charge is 2.35. The first-order valence-corrected chi connectivity index (χ1v) is 4.85. The number of halogens is 3. The van der Waals surface area contributed by atoms with Crippen LogP contribution in [0.15, 0.2) is 18.3 Å². The van der Waals surface area contributed by atoms with Crippen molar-refractivity contribution in [3.63, 3.8) is 0 Å². The minimum absolute atomic E-state index is 0.0332. The molecule has 0 amide bonds. The van der Waals surface area contributed by atoms with Gasteiger partial charge in [-0.1, -0.05) is 0 Å². The van der Waals surface area contributed by atoms with Crippen LogP contribution in [0.2, 0.25) is 0 Å². The van der Waals surface area contributed by atoms with E-state index >= 15 is 0 Å². The Labute approximate surface area is 99.0 Å². The monoisotopic (exact) mass is 259 g/mol. The number of nitrogens with one attached hydrogen (secondary N) is 1. The Morgan fingerprint density at radius 1 is 1.44 bits per heavy atom. The number of hydrogen-bond donors (Lipinski definition) is 2. The largest absolute Gasteiger partial charge is 0.496 e. The lowest BCUT2D eigenvalue weighted by Gasteiger charge is -2.13. The predicted octanol–water partition coefficient (Wildman–Crippen LogP) is 2.89. The minimum atomic E-state index is -4.59. The highest BCUT2D eigenvalue weighted by atomic mass is 19.4. The molecule has 0 saturated carbocycles. The number of carboxylic acids is 1. The molecule has 1 aromatic carbocycles. The van der Waals surface area contributed by atoms with Gasteiger partial charge in [0.1, 0.15) is 11.3 Å². The van der Waals surface area contributed by atoms with Crippen molar-refractivity contribution in [3.8, 4) is 5.75 Å². The number of fused-ring (bicyclic) bond motifs is 1. The molecule has 4 nitrogen and oxygen atoms in total. The predicted molar refractivity (Wildman–Crippen MR) is 56.8 cm³/mol. The first-order valence-electron chi connectivity index (χ1n) is 4.85. The number of carbonyl (C=O) groups is 1. The van der Waals surface area contributed by atoms with Gasteiger partial charge in [-0.3, -0.25) is 0 Å². The first kappa shape index (κ1) is 12.3. The Balaban J connectivity index is 2.89. The van der Waals surface area contributed by atoms with Gasteiger partial charge in [0.05, 0.1) is 18.2 Å². The van der Waals surface area contributed by atoms with Crippen molar-refractivity contribution in [2.75, 3.05) is 7.11 Å². The van der Waals surface area contributed by atoms with E-state index < -0.39 is 17.7 Å². The van der Waals surface area contributed by atoms with E-state index in [4.69, 9.17) is 9.84 Å². The lowest BCUT2D eigenvalue weighted by molar-refractivity contribution is -0.136. The maximum atomic E-state index is 12.8. The van der Waals surface area contributed by atoms with Gasteiger partial charge in [-0.2, -0.15) is 13.2 Å². The Kier molecular flexibility index (Phi) is 2.68. The number of alkyl halides is 3. The molecule has 18 heavy (non-hydrogen) atoms. The Hall–Kier alpha value is -2.18. The molecule has 0 radical (unpaired) electrons. The van der Waals surface area contributed by atoms with Gasteiger partial charge >= 0.3 is 12.1 Å². The van der Waals surface area contributed by atoms with Gasteiger partial charge in [0.2, 0.25) is 0 Å². The lowest BCUT2D eigenvalue weighted by atomic mass is 10.0. The van der Waals surface area contributed by atoms with Crippen molar-refractivity contribution in [2.45, 2.75) is 6.18 Å². The maximum Gasteiger partial charge on any atom is 0.418 e. The van der Waals surface area contributed by atoms with Crippen LogP contribution in [-0.2, 0) is 6.18 Å². The third kappa shape index (κ3) is 1.77. The molecule has 2 rings (SSSR count). The summed E-state index contributed by atoms with van der Waals surface area (Å²) in [6, 6.07) is 1.96. The van der Waals surface area contributed by atoms with Crippen LogP contribution < -0.4 is 4.74 Å². The van der Waals surface area contributed by atoms with E-state index in [1.165, 1.54) is 12.3 Å². The highest BCUT2D eigenvalue weighted by molar-refractivity contribution is 6.06. The number of aromatic carboxylic acids is 1. The quantitative estimate of drug-likeness (QED) is 0.871. The topological polar surface area (TPSA) is 62.3 Å². The summed E-state index contributed by atoms with van der Waals surface area (Å²) in [4.78, 5) is 13.5. The molecule has 0 spiro atoms. The summed E-state index contributed by atoms with van der Waals surface area (Å²) in [5, 5.41) is 9.00. The van der Waals surface area contributed by atoms with Crippen molar-refractivity contribution < 1.29 is 27.8 Å². The fourth-order valence-electron chi connectivity index (χ4n) is 1.81. The summed E-state index contributed by atoms with van der Waals surface area (Å²) in [5.41, 5.74) is -1.51. The molecule has 0 fully saturated rings. The van der Waals surface area contributed by atoms with Crippen LogP contribution in [-0.4, -0.2) is 23.2 Å². The molecule has 0 atom stereocenters. The third-order valence-electron chi connectivity index (χ3n) is 2.55. The van der Waals surface area contributed by atoms with Crippen LogP contribution in [0.4, 0.5) is 13.2 Å². The van der Waals surface area contributed by atoms with Gasteiger partial charge in [-0.15, -0.1) is 0 Å². The average Bonchev–Trinajstić information content (AvgIpc) is 2.72. The fourth-order valence-corrected chi connectivity index (χ4v) is 1.81. The summed E-state index contributed by atoms with van der Waals surface area (Å²) < 4.78 is 43.2. The zero-order chi connectivity index (χ0) is 13.5. The van der Waals surface area contributed by atoms with E-state index in [0.29, 0.717) is 6.07 Å². The summed E-state index contributed by atoms with van der Waals surface area (Å²) in [5.74, 6) is -1.66. The number of rotatable bonds is 2. The molecule has 1 aromatic heterocycles. The second-order valence-electron chi connectivity index (χ2n) is 3.57. The zero-order valence-corrected chi connectivity index (χ0v) is 9.13. The van der Waals surface area contributed by atoms with E-state index in [1.54, 1.807) is 0 Å². The van der Waals surface area contributed by atoms with E-state index in [2.05, 4.69) is 4.98 Å². The molecule has 96 valence electrons. The smallest absolute Gasteiger partial charge is 0.418 e. The molecule has 2 N–H and O–H groups in total. The number of benzene rings is 1. The van der Waals surface area contributed by atoms with Gasteiger partial charge < -0.3 is 14.8 Å². The van der Waals surface area contributed by atoms with Crippen molar-refractivity contribution in [3.05, 3.63) is 29.5 Å².